The summed E-state index contributed by atoms with van der Waals surface area (Å²) in [5.41, 5.74) is -2.37. The van der Waals surface area contributed by atoms with Crippen LogP contribution in [0.15, 0.2) is 12.3 Å². The maximum absolute atomic E-state index is 12.6. The number of nitrogens with zero attached hydrogens (tertiary/aromatic N) is 1. The van der Waals surface area contributed by atoms with E-state index in [0.717, 1.165) is 0 Å². The molecule has 0 aliphatic rings. The first-order valence-corrected chi connectivity index (χ1v) is 4.26. The molecule has 0 radical (unpaired) electrons. The summed E-state index contributed by atoms with van der Waals surface area (Å²) in [6.45, 7) is 1.35. The predicted molar refractivity (Wildman–Crippen MR) is 45.2 cm³/mol. The van der Waals surface area contributed by atoms with Crippen molar-refractivity contribution in [3.05, 3.63) is 29.3 Å². The SMILES string of the molecule is CCOC(=O)c1ncc(F)cc1C(F)(F)F. The number of aromatic nitrogens is 1. The van der Waals surface area contributed by atoms with Gasteiger partial charge in [-0.1, -0.05) is 0 Å². The number of halogens is 4. The number of carbonyl (C=O) groups excluding carboxylic acids is 1. The molecule has 16 heavy (non-hydrogen) atoms. The van der Waals surface area contributed by atoms with E-state index in [9.17, 15) is 22.4 Å². The van der Waals surface area contributed by atoms with Crippen molar-refractivity contribution in [2.45, 2.75) is 13.1 Å². The molecule has 0 amide bonds. The highest BCUT2D eigenvalue weighted by Gasteiger charge is 2.37. The minimum atomic E-state index is -4.85. The van der Waals surface area contributed by atoms with Gasteiger partial charge in [0.05, 0.1) is 18.4 Å². The Kier molecular flexibility index (Phi) is 3.46. The van der Waals surface area contributed by atoms with Gasteiger partial charge in [0.25, 0.3) is 0 Å². The molecule has 0 aromatic carbocycles. The number of hydrogen-bond acceptors (Lipinski definition) is 3. The fourth-order valence-corrected chi connectivity index (χ4v) is 1.02. The van der Waals surface area contributed by atoms with Crippen LogP contribution in [0.3, 0.4) is 0 Å². The van der Waals surface area contributed by atoms with Crippen molar-refractivity contribution in [3.8, 4) is 0 Å². The predicted octanol–water partition coefficient (Wildman–Crippen LogP) is 2.42. The van der Waals surface area contributed by atoms with E-state index in [1.165, 1.54) is 6.92 Å². The van der Waals surface area contributed by atoms with Gasteiger partial charge in [0.2, 0.25) is 0 Å². The zero-order valence-electron chi connectivity index (χ0n) is 8.14. The summed E-state index contributed by atoms with van der Waals surface area (Å²) < 4.78 is 54.2. The zero-order valence-corrected chi connectivity index (χ0v) is 8.14. The Labute approximate surface area is 88.0 Å². The van der Waals surface area contributed by atoms with Crippen molar-refractivity contribution in [1.29, 1.82) is 0 Å². The zero-order chi connectivity index (χ0) is 12.3. The van der Waals surface area contributed by atoms with Gasteiger partial charge in [0.15, 0.2) is 5.69 Å². The number of esters is 1. The van der Waals surface area contributed by atoms with Crippen molar-refractivity contribution in [2.75, 3.05) is 6.61 Å². The number of alkyl halides is 3. The summed E-state index contributed by atoms with van der Waals surface area (Å²) in [7, 11) is 0. The number of carbonyl (C=O) groups is 1. The Bertz CT molecular complexity index is 403. The Balaban J connectivity index is 3.23. The molecule has 0 fully saturated rings. The molecule has 1 heterocycles. The lowest BCUT2D eigenvalue weighted by molar-refractivity contribution is -0.138. The number of hydrogen-bond donors (Lipinski definition) is 0. The van der Waals surface area contributed by atoms with Crippen molar-refractivity contribution in [3.63, 3.8) is 0 Å². The Morgan fingerprint density at radius 2 is 2.12 bits per heavy atom. The molecule has 7 heteroatoms. The van der Waals surface area contributed by atoms with Crippen LogP contribution in [-0.4, -0.2) is 17.6 Å². The standard InChI is InChI=1S/C9H7F4NO2/c1-2-16-8(15)7-6(9(11,12)13)3-5(10)4-14-7/h3-4H,2H2,1H3. The van der Waals surface area contributed by atoms with Crippen LogP contribution in [-0.2, 0) is 10.9 Å². The summed E-state index contributed by atoms with van der Waals surface area (Å²) >= 11 is 0. The fourth-order valence-electron chi connectivity index (χ4n) is 1.02. The minimum absolute atomic E-state index is 0.0881. The molecule has 0 saturated carbocycles. The molecule has 0 atom stereocenters. The van der Waals surface area contributed by atoms with Crippen molar-refractivity contribution < 1.29 is 27.1 Å². The summed E-state index contributed by atoms with van der Waals surface area (Å²) in [4.78, 5) is 14.2. The average Bonchev–Trinajstić information content (AvgIpc) is 2.16. The van der Waals surface area contributed by atoms with Crippen molar-refractivity contribution in [1.82, 2.24) is 4.98 Å². The van der Waals surface area contributed by atoms with Gasteiger partial charge in [-0.25, -0.2) is 14.2 Å². The summed E-state index contributed by atoms with van der Waals surface area (Å²) in [5, 5.41) is 0. The van der Waals surface area contributed by atoms with Crippen LogP contribution in [0.25, 0.3) is 0 Å². The molecule has 3 nitrogen and oxygen atoms in total. The summed E-state index contributed by atoms with van der Waals surface area (Å²) in [6, 6.07) is 0.208. The first kappa shape index (κ1) is 12.4. The Morgan fingerprint density at radius 3 is 2.62 bits per heavy atom. The normalized spacial score (nSPS) is 11.3. The highest BCUT2D eigenvalue weighted by Crippen LogP contribution is 2.31. The molecule has 0 N–H and O–H groups in total. The van der Waals surface area contributed by atoms with Gasteiger partial charge in [-0.15, -0.1) is 0 Å². The van der Waals surface area contributed by atoms with Gasteiger partial charge in [-0.05, 0) is 13.0 Å². The van der Waals surface area contributed by atoms with Crippen LogP contribution in [0, 0.1) is 5.82 Å². The molecule has 0 unspecified atom stereocenters. The minimum Gasteiger partial charge on any atom is -0.461 e. The molecule has 0 spiro atoms. The number of pyridine rings is 1. The molecular formula is C9H7F4NO2. The highest BCUT2D eigenvalue weighted by molar-refractivity contribution is 5.89. The first-order valence-electron chi connectivity index (χ1n) is 4.26. The quantitative estimate of drug-likeness (QED) is 0.585. The molecule has 0 bridgehead atoms. The van der Waals surface area contributed by atoms with E-state index in [1.54, 1.807) is 0 Å². The number of rotatable bonds is 2. The van der Waals surface area contributed by atoms with Gasteiger partial charge in [-0.3, -0.25) is 0 Å². The van der Waals surface area contributed by atoms with Gasteiger partial charge in [0.1, 0.15) is 5.82 Å². The topological polar surface area (TPSA) is 39.2 Å². The van der Waals surface area contributed by atoms with E-state index < -0.39 is 29.2 Å². The third-order valence-electron chi connectivity index (χ3n) is 1.63. The van der Waals surface area contributed by atoms with Crippen LogP contribution in [0.4, 0.5) is 17.6 Å². The molecule has 0 aliphatic carbocycles. The molecule has 1 rings (SSSR count). The maximum atomic E-state index is 12.6. The molecule has 1 aromatic heterocycles. The second-order valence-corrected chi connectivity index (χ2v) is 2.77. The monoisotopic (exact) mass is 237 g/mol. The summed E-state index contributed by atoms with van der Waals surface area (Å²) in [5.74, 6) is -2.39. The van der Waals surface area contributed by atoms with Crippen LogP contribution >= 0.6 is 0 Å². The molecule has 1 aromatic rings. The maximum Gasteiger partial charge on any atom is 0.418 e. The lowest BCUT2D eigenvalue weighted by Gasteiger charge is -2.10. The lowest BCUT2D eigenvalue weighted by atomic mass is 10.2. The largest absolute Gasteiger partial charge is 0.461 e. The van der Waals surface area contributed by atoms with E-state index in [-0.39, 0.29) is 12.7 Å². The van der Waals surface area contributed by atoms with E-state index in [4.69, 9.17) is 0 Å². The van der Waals surface area contributed by atoms with Gasteiger partial charge >= 0.3 is 12.1 Å². The van der Waals surface area contributed by atoms with Gasteiger partial charge in [0, 0.05) is 0 Å². The van der Waals surface area contributed by atoms with E-state index in [0.29, 0.717) is 6.20 Å². The van der Waals surface area contributed by atoms with Crippen molar-refractivity contribution in [2.24, 2.45) is 0 Å². The Morgan fingerprint density at radius 1 is 1.50 bits per heavy atom. The smallest absolute Gasteiger partial charge is 0.418 e. The van der Waals surface area contributed by atoms with Crippen LogP contribution < -0.4 is 0 Å². The van der Waals surface area contributed by atoms with E-state index in [2.05, 4.69) is 9.72 Å². The molecule has 0 aliphatic heterocycles. The van der Waals surface area contributed by atoms with Crippen LogP contribution in [0.5, 0.6) is 0 Å². The van der Waals surface area contributed by atoms with Crippen molar-refractivity contribution >= 4 is 5.97 Å². The second-order valence-electron chi connectivity index (χ2n) is 2.77. The summed E-state index contributed by atoms with van der Waals surface area (Å²) in [6.07, 6.45) is -4.32. The molecular weight excluding hydrogens is 230 g/mol. The second kappa shape index (κ2) is 4.46. The van der Waals surface area contributed by atoms with E-state index >= 15 is 0 Å². The molecule has 88 valence electrons. The van der Waals surface area contributed by atoms with Crippen LogP contribution in [0.2, 0.25) is 0 Å². The van der Waals surface area contributed by atoms with E-state index in [1.807, 2.05) is 0 Å². The fraction of sp³-hybridized carbons (Fsp3) is 0.333. The third-order valence-corrected chi connectivity index (χ3v) is 1.63. The van der Waals surface area contributed by atoms with Gasteiger partial charge < -0.3 is 4.74 Å². The highest BCUT2D eigenvalue weighted by atomic mass is 19.4. The average molecular weight is 237 g/mol. The van der Waals surface area contributed by atoms with Gasteiger partial charge in [-0.2, -0.15) is 13.2 Å². The Hall–Kier alpha value is -1.66. The molecule has 0 saturated heterocycles. The van der Waals surface area contributed by atoms with Crippen LogP contribution in [0.1, 0.15) is 23.0 Å². The third kappa shape index (κ3) is 2.68. The lowest BCUT2D eigenvalue weighted by Crippen LogP contribution is -2.17. The first-order chi connectivity index (χ1) is 7.36. The number of ether oxygens (including phenoxy) is 1.